The molecule has 0 unspecified atom stereocenters. The Kier molecular flexibility index (Phi) is 4.62. The minimum atomic E-state index is 0.356. The standard InChI is InChI=1S/C36H20N4/c37-21-24-18-20-34(36(29(24)22-38)40-30-14-6-3-11-26(30)27-12-4-7-15-31(27)40)39-32-16-8-5-13-28(32)35-25-10-2-1-9-23(25)17-19-33(35)39/h1-20H. The summed E-state index contributed by atoms with van der Waals surface area (Å²) < 4.78 is 4.40. The van der Waals surface area contributed by atoms with E-state index in [2.05, 4.69) is 106 Å². The van der Waals surface area contributed by atoms with Gasteiger partial charge in [-0.1, -0.05) is 84.9 Å². The summed E-state index contributed by atoms with van der Waals surface area (Å²) in [5.41, 5.74) is 6.34. The molecule has 40 heavy (non-hydrogen) atoms. The number of nitrogens with zero attached hydrogens (tertiary/aromatic N) is 4. The van der Waals surface area contributed by atoms with Crippen molar-refractivity contribution >= 4 is 54.4 Å². The Bertz CT molecular complexity index is 2350. The molecule has 0 aliphatic rings. The van der Waals surface area contributed by atoms with Gasteiger partial charge in [-0.25, -0.2) is 0 Å². The number of nitriles is 2. The van der Waals surface area contributed by atoms with Gasteiger partial charge in [-0.2, -0.15) is 10.5 Å². The summed E-state index contributed by atoms with van der Waals surface area (Å²) >= 11 is 0. The molecule has 2 aromatic heterocycles. The van der Waals surface area contributed by atoms with E-state index in [0.29, 0.717) is 16.8 Å². The predicted molar refractivity (Wildman–Crippen MR) is 162 cm³/mol. The maximum atomic E-state index is 10.5. The van der Waals surface area contributed by atoms with Crippen LogP contribution in [0, 0.1) is 22.7 Å². The zero-order chi connectivity index (χ0) is 26.8. The SMILES string of the molecule is N#Cc1ccc(-n2c3ccccc3c3c4ccccc4ccc32)c(-n2c3ccccc3c3ccccc32)c1C#N. The van der Waals surface area contributed by atoms with Crippen LogP contribution in [0.25, 0.3) is 65.8 Å². The van der Waals surface area contributed by atoms with Crippen molar-refractivity contribution in [1.29, 1.82) is 10.5 Å². The Labute approximate surface area is 229 Å². The van der Waals surface area contributed by atoms with Gasteiger partial charge in [0, 0.05) is 21.5 Å². The number of rotatable bonds is 2. The van der Waals surface area contributed by atoms with E-state index in [1.165, 1.54) is 16.2 Å². The quantitative estimate of drug-likeness (QED) is 0.234. The molecule has 4 nitrogen and oxygen atoms in total. The first-order chi connectivity index (χ1) is 19.8. The molecule has 184 valence electrons. The van der Waals surface area contributed by atoms with Gasteiger partial charge < -0.3 is 9.13 Å². The molecule has 0 aliphatic carbocycles. The molecule has 0 radical (unpaired) electrons. The number of hydrogen-bond acceptors (Lipinski definition) is 2. The molecule has 6 aromatic carbocycles. The zero-order valence-electron chi connectivity index (χ0n) is 21.3. The van der Waals surface area contributed by atoms with Crippen LogP contribution < -0.4 is 0 Å². The fourth-order valence-corrected chi connectivity index (χ4v) is 6.36. The highest BCUT2D eigenvalue weighted by Gasteiger charge is 2.24. The van der Waals surface area contributed by atoms with Gasteiger partial charge in [-0.15, -0.1) is 0 Å². The summed E-state index contributed by atoms with van der Waals surface area (Å²) in [6.45, 7) is 0. The zero-order valence-corrected chi connectivity index (χ0v) is 21.3. The molecule has 0 saturated carbocycles. The van der Waals surface area contributed by atoms with Gasteiger partial charge in [0.25, 0.3) is 0 Å². The number of hydrogen-bond donors (Lipinski definition) is 0. The molecule has 8 aromatic rings. The minimum absolute atomic E-state index is 0.356. The maximum Gasteiger partial charge on any atom is 0.103 e. The Morgan fingerprint density at radius 3 is 1.68 bits per heavy atom. The van der Waals surface area contributed by atoms with E-state index in [-0.39, 0.29) is 0 Å². The van der Waals surface area contributed by atoms with Crippen molar-refractivity contribution in [2.45, 2.75) is 0 Å². The van der Waals surface area contributed by atoms with Gasteiger partial charge in [0.2, 0.25) is 0 Å². The summed E-state index contributed by atoms with van der Waals surface area (Å²) in [7, 11) is 0. The van der Waals surface area contributed by atoms with Gasteiger partial charge >= 0.3 is 0 Å². The topological polar surface area (TPSA) is 57.4 Å². The van der Waals surface area contributed by atoms with Crippen molar-refractivity contribution < 1.29 is 0 Å². The molecular formula is C36H20N4. The molecule has 0 saturated heterocycles. The van der Waals surface area contributed by atoms with E-state index in [0.717, 1.165) is 43.9 Å². The molecule has 0 aliphatic heterocycles. The Morgan fingerprint density at radius 2 is 1.02 bits per heavy atom. The van der Waals surface area contributed by atoms with Crippen LogP contribution in [0.3, 0.4) is 0 Å². The van der Waals surface area contributed by atoms with Crippen molar-refractivity contribution in [3.8, 4) is 23.5 Å². The summed E-state index contributed by atoms with van der Waals surface area (Å²) in [6.07, 6.45) is 0. The Morgan fingerprint density at radius 1 is 0.450 bits per heavy atom. The molecule has 0 fully saturated rings. The fourth-order valence-electron chi connectivity index (χ4n) is 6.36. The summed E-state index contributed by atoms with van der Waals surface area (Å²) in [6, 6.07) is 46.1. The van der Waals surface area contributed by atoms with Gasteiger partial charge in [-0.3, -0.25) is 0 Å². The summed E-state index contributed by atoms with van der Waals surface area (Å²) in [5.74, 6) is 0. The Hall–Kier alpha value is -5.84. The second-order valence-corrected chi connectivity index (χ2v) is 9.98. The predicted octanol–water partition coefficient (Wildman–Crippen LogP) is 8.78. The molecule has 8 rings (SSSR count). The van der Waals surface area contributed by atoms with Crippen molar-refractivity contribution in [3.05, 3.63) is 132 Å². The molecule has 2 heterocycles. The number of benzene rings is 6. The van der Waals surface area contributed by atoms with E-state index >= 15 is 0 Å². The number of aromatic nitrogens is 2. The lowest BCUT2D eigenvalue weighted by Gasteiger charge is -2.19. The average molecular weight is 509 g/mol. The second-order valence-electron chi connectivity index (χ2n) is 9.98. The lowest BCUT2D eigenvalue weighted by Crippen LogP contribution is -2.07. The lowest BCUT2D eigenvalue weighted by molar-refractivity contribution is 1.08. The maximum absolute atomic E-state index is 10.5. The highest BCUT2D eigenvalue weighted by atomic mass is 15.1. The third-order valence-corrected chi connectivity index (χ3v) is 8.00. The van der Waals surface area contributed by atoms with Crippen LogP contribution in [0.15, 0.2) is 121 Å². The molecule has 0 atom stereocenters. The highest BCUT2D eigenvalue weighted by molar-refractivity contribution is 6.21. The molecule has 4 heteroatoms. The Balaban J connectivity index is 1.62. The van der Waals surface area contributed by atoms with Crippen LogP contribution in [-0.4, -0.2) is 9.13 Å². The highest BCUT2D eigenvalue weighted by Crippen LogP contribution is 2.41. The van der Waals surface area contributed by atoms with Crippen molar-refractivity contribution in [2.75, 3.05) is 0 Å². The van der Waals surface area contributed by atoms with E-state index in [1.807, 2.05) is 30.3 Å². The second kappa shape index (κ2) is 8.33. The van der Waals surface area contributed by atoms with Crippen molar-refractivity contribution in [3.63, 3.8) is 0 Å². The van der Waals surface area contributed by atoms with Crippen LogP contribution in [0.4, 0.5) is 0 Å². The first kappa shape index (κ1) is 22.2. The van der Waals surface area contributed by atoms with Crippen LogP contribution in [0.1, 0.15) is 11.1 Å². The molecule has 0 spiro atoms. The smallest absolute Gasteiger partial charge is 0.103 e. The van der Waals surface area contributed by atoms with E-state index in [4.69, 9.17) is 0 Å². The van der Waals surface area contributed by atoms with E-state index in [9.17, 15) is 10.5 Å². The van der Waals surface area contributed by atoms with E-state index < -0.39 is 0 Å². The lowest BCUT2D eigenvalue weighted by atomic mass is 10.0. The van der Waals surface area contributed by atoms with Gasteiger partial charge in [-0.05, 0) is 47.2 Å². The molecule has 0 amide bonds. The first-order valence-electron chi connectivity index (χ1n) is 13.2. The van der Waals surface area contributed by atoms with Crippen molar-refractivity contribution in [1.82, 2.24) is 9.13 Å². The average Bonchev–Trinajstić information content (AvgIpc) is 3.53. The third kappa shape index (κ3) is 2.88. The number of para-hydroxylation sites is 3. The molecule has 0 N–H and O–H groups in total. The van der Waals surface area contributed by atoms with Gasteiger partial charge in [0.05, 0.1) is 44.6 Å². The van der Waals surface area contributed by atoms with Crippen LogP contribution in [0.2, 0.25) is 0 Å². The largest absolute Gasteiger partial charge is 0.307 e. The van der Waals surface area contributed by atoms with Gasteiger partial charge in [0.15, 0.2) is 0 Å². The summed E-state index contributed by atoms with van der Waals surface area (Å²) in [4.78, 5) is 0. The monoisotopic (exact) mass is 508 g/mol. The van der Waals surface area contributed by atoms with Gasteiger partial charge in [0.1, 0.15) is 12.1 Å². The first-order valence-corrected chi connectivity index (χ1v) is 13.2. The molecular weight excluding hydrogens is 488 g/mol. The van der Waals surface area contributed by atoms with Crippen molar-refractivity contribution in [2.24, 2.45) is 0 Å². The fraction of sp³-hybridized carbons (Fsp3) is 0. The summed E-state index contributed by atoms with van der Waals surface area (Å²) in [5, 5.41) is 27.5. The normalized spacial score (nSPS) is 11.4. The van der Waals surface area contributed by atoms with E-state index in [1.54, 1.807) is 6.07 Å². The third-order valence-electron chi connectivity index (χ3n) is 8.00. The minimum Gasteiger partial charge on any atom is -0.307 e. The van der Waals surface area contributed by atoms with Crippen LogP contribution in [0.5, 0.6) is 0 Å². The van der Waals surface area contributed by atoms with Crippen LogP contribution >= 0.6 is 0 Å². The number of fused-ring (bicyclic) bond motifs is 8. The van der Waals surface area contributed by atoms with Crippen LogP contribution in [-0.2, 0) is 0 Å². The molecule has 0 bridgehead atoms.